The van der Waals surface area contributed by atoms with Gasteiger partial charge in [-0.3, -0.25) is 19.7 Å². The number of imide groups is 1. The fourth-order valence-corrected chi connectivity index (χ4v) is 5.27. The molecule has 2 aromatic rings. The van der Waals surface area contributed by atoms with E-state index in [1.807, 2.05) is 12.2 Å². The van der Waals surface area contributed by atoms with Gasteiger partial charge >= 0.3 is 0 Å². The minimum absolute atomic E-state index is 0.00987. The molecule has 0 N–H and O–H groups in total. The lowest BCUT2D eigenvalue weighted by Gasteiger charge is -2.13. The zero-order valence-corrected chi connectivity index (χ0v) is 18.3. The van der Waals surface area contributed by atoms with Crippen LogP contribution in [0.2, 0.25) is 0 Å². The van der Waals surface area contributed by atoms with Gasteiger partial charge in [0, 0.05) is 12.1 Å². The number of rotatable bonds is 6. The molecule has 162 valence electrons. The molecule has 0 spiro atoms. The maximum Gasteiger partial charge on any atom is 0.269 e. The molecule has 2 fully saturated rings. The number of carbonyl (C=O) groups is 2. The largest absolute Gasteiger partial charge is 0.488 e. The minimum atomic E-state index is -0.447. The maximum atomic E-state index is 12.7. The Morgan fingerprint density at radius 3 is 2.50 bits per heavy atom. The number of nitro benzene ring substituents is 1. The third kappa shape index (κ3) is 3.52. The quantitative estimate of drug-likeness (QED) is 0.197. The molecule has 8 nitrogen and oxygen atoms in total. The van der Waals surface area contributed by atoms with E-state index in [4.69, 9.17) is 4.74 Å². The van der Waals surface area contributed by atoms with Crippen LogP contribution in [0.15, 0.2) is 64.2 Å². The first-order chi connectivity index (χ1) is 15.4. The van der Waals surface area contributed by atoms with Gasteiger partial charge in [0.25, 0.3) is 17.5 Å². The van der Waals surface area contributed by atoms with Crippen LogP contribution in [-0.4, -0.2) is 28.0 Å². The van der Waals surface area contributed by atoms with Crippen molar-refractivity contribution in [3.8, 4) is 5.75 Å². The summed E-state index contributed by atoms with van der Waals surface area (Å²) in [6.45, 7) is 0.170. The van der Waals surface area contributed by atoms with Crippen molar-refractivity contribution in [2.24, 2.45) is 28.8 Å². The molecule has 4 atom stereocenters. The number of fused-ring (bicyclic) bond motifs is 5. The second-order valence-electron chi connectivity index (χ2n) is 8.14. The smallest absolute Gasteiger partial charge is 0.269 e. The average Bonchev–Trinajstić information content (AvgIpc) is 3.46. The van der Waals surface area contributed by atoms with E-state index in [-0.39, 0.29) is 47.8 Å². The van der Waals surface area contributed by atoms with Gasteiger partial charge in [0.15, 0.2) is 0 Å². The number of carbonyl (C=O) groups excluding carboxylic acids is 2. The molecule has 0 radical (unpaired) electrons. The number of hydrogen-bond acceptors (Lipinski definition) is 6. The molecule has 2 aliphatic carbocycles. The van der Waals surface area contributed by atoms with Crippen LogP contribution in [0.5, 0.6) is 5.75 Å². The number of hydrazone groups is 1. The Balaban J connectivity index is 1.25. The van der Waals surface area contributed by atoms with Crippen molar-refractivity contribution in [1.29, 1.82) is 0 Å². The van der Waals surface area contributed by atoms with E-state index in [0.717, 1.165) is 11.4 Å². The summed E-state index contributed by atoms with van der Waals surface area (Å²) in [5.74, 6) is -0.124. The lowest BCUT2D eigenvalue weighted by Crippen LogP contribution is -2.28. The summed E-state index contributed by atoms with van der Waals surface area (Å²) in [5, 5.41) is 16.1. The third-order valence-corrected chi connectivity index (χ3v) is 6.86. The van der Waals surface area contributed by atoms with Crippen LogP contribution >= 0.6 is 15.9 Å². The number of halogens is 1. The average molecular weight is 496 g/mol. The van der Waals surface area contributed by atoms with Crippen LogP contribution in [0.4, 0.5) is 5.69 Å². The van der Waals surface area contributed by atoms with Gasteiger partial charge in [-0.2, -0.15) is 10.1 Å². The van der Waals surface area contributed by atoms with E-state index in [9.17, 15) is 19.7 Å². The minimum Gasteiger partial charge on any atom is -0.488 e. The first-order valence-corrected chi connectivity index (χ1v) is 11.0. The Morgan fingerprint density at radius 1 is 1.12 bits per heavy atom. The van der Waals surface area contributed by atoms with Crippen molar-refractivity contribution in [1.82, 2.24) is 5.01 Å². The monoisotopic (exact) mass is 495 g/mol. The van der Waals surface area contributed by atoms with Crippen LogP contribution in [0.25, 0.3) is 0 Å². The summed E-state index contributed by atoms with van der Waals surface area (Å²) in [5.41, 5.74) is 1.38. The molecular weight excluding hydrogens is 478 g/mol. The van der Waals surface area contributed by atoms with Crippen molar-refractivity contribution < 1.29 is 19.2 Å². The topological polar surface area (TPSA) is 102 Å². The van der Waals surface area contributed by atoms with Crippen LogP contribution < -0.4 is 4.74 Å². The van der Waals surface area contributed by atoms with E-state index in [2.05, 4.69) is 21.0 Å². The van der Waals surface area contributed by atoms with E-state index in [1.165, 1.54) is 18.3 Å². The number of benzene rings is 2. The fourth-order valence-electron chi connectivity index (χ4n) is 4.76. The molecule has 1 saturated carbocycles. The number of nitrogens with zero attached hydrogens (tertiary/aromatic N) is 3. The predicted molar refractivity (Wildman–Crippen MR) is 119 cm³/mol. The fraction of sp³-hybridized carbons (Fsp3) is 0.261. The molecule has 0 unspecified atom stereocenters. The van der Waals surface area contributed by atoms with E-state index >= 15 is 0 Å². The summed E-state index contributed by atoms with van der Waals surface area (Å²) in [7, 11) is 0. The number of amides is 2. The highest BCUT2D eigenvalue weighted by Crippen LogP contribution is 2.52. The molecule has 5 rings (SSSR count). The normalized spacial score (nSPS) is 25.7. The van der Waals surface area contributed by atoms with Gasteiger partial charge in [-0.1, -0.05) is 24.3 Å². The summed E-state index contributed by atoms with van der Waals surface area (Å²) >= 11 is 3.45. The zero-order valence-electron chi connectivity index (χ0n) is 16.8. The van der Waals surface area contributed by atoms with Crippen LogP contribution in [-0.2, 0) is 16.2 Å². The van der Waals surface area contributed by atoms with Gasteiger partial charge in [-0.25, -0.2) is 0 Å². The summed E-state index contributed by atoms with van der Waals surface area (Å²) in [6, 6.07) is 11.5. The Bertz CT molecular complexity index is 1160. The molecule has 3 aliphatic rings. The van der Waals surface area contributed by atoms with Gasteiger partial charge in [-0.15, -0.1) is 0 Å². The Morgan fingerprint density at radius 2 is 1.84 bits per heavy atom. The zero-order chi connectivity index (χ0) is 22.4. The highest BCUT2D eigenvalue weighted by molar-refractivity contribution is 9.10. The van der Waals surface area contributed by atoms with E-state index in [0.29, 0.717) is 21.3 Å². The lowest BCUT2D eigenvalue weighted by atomic mass is 9.85. The van der Waals surface area contributed by atoms with Crippen molar-refractivity contribution >= 4 is 39.6 Å². The van der Waals surface area contributed by atoms with Gasteiger partial charge in [0.1, 0.15) is 12.4 Å². The second-order valence-corrected chi connectivity index (χ2v) is 8.99. The maximum absolute atomic E-state index is 12.7. The first-order valence-electron chi connectivity index (χ1n) is 10.2. The van der Waals surface area contributed by atoms with Crippen molar-refractivity contribution in [3.63, 3.8) is 0 Å². The third-order valence-electron chi connectivity index (χ3n) is 6.24. The number of ether oxygens (including phenoxy) is 1. The molecule has 32 heavy (non-hydrogen) atoms. The lowest BCUT2D eigenvalue weighted by molar-refractivity contribution is -0.384. The van der Waals surface area contributed by atoms with E-state index in [1.54, 1.807) is 30.3 Å². The molecule has 1 aliphatic heterocycles. The number of allylic oxidation sites excluding steroid dienone is 2. The van der Waals surface area contributed by atoms with Crippen molar-refractivity contribution in [3.05, 3.63) is 80.3 Å². The number of hydrogen-bond donors (Lipinski definition) is 0. The van der Waals surface area contributed by atoms with Crippen LogP contribution in [0.1, 0.15) is 17.5 Å². The Hall–Kier alpha value is -3.33. The SMILES string of the molecule is O=C1[C@@H]2[C@H](C(=O)N1N=Cc1ccc(OCc3cccc([N+](=O)[O-])c3)c(Br)c1)[C@H]1C=C[C@H]2C1. The summed E-state index contributed by atoms with van der Waals surface area (Å²) in [6.07, 6.45) is 6.47. The van der Waals surface area contributed by atoms with Crippen molar-refractivity contribution in [2.45, 2.75) is 13.0 Å². The molecule has 1 heterocycles. The molecule has 1 saturated heterocycles. The highest BCUT2D eigenvalue weighted by Gasteiger charge is 2.59. The highest BCUT2D eigenvalue weighted by atomic mass is 79.9. The summed E-state index contributed by atoms with van der Waals surface area (Å²) in [4.78, 5) is 35.9. The molecule has 2 aromatic carbocycles. The summed E-state index contributed by atoms with van der Waals surface area (Å²) < 4.78 is 6.42. The standard InChI is InChI=1S/C23H18BrN3O5/c24-18-9-13(4-7-19(18)32-12-14-2-1-3-17(8-14)27(30)31)11-25-26-22(28)20-15-5-6-16(10-15)21(20)23(26)29/h1-9,11,15-16,20-21H,10,12H2/t15-,16-,20-,21+/m0/s1. The van der Waals surface area contributed by atoms with Gasteiger partial charge in [0.2, 0.25) is 0 Å². The van der Waals surface area contributed by atoms with Gasteiger partial charge in [0.05, 0.1) is 27.4 Å². The molecular formula is C23H18BrN3O5. The van der Waals surface area contributed by atoms with Gasteiger partial charge in [-0.05, 0) is 63.5 Å². The second kappa shape index (κ2) is 7.98. The number of nitro groups is 1. The Kier molecular flexibility index (Phi) is 5.13. The van der Waals surface area contributed by atoms with Gasteiger partial charge < -0.3 is 4.74 Å². The van der Waals surface area contributed by atoms with Crippen molar-refractivity contribution in [2.75, 3.05) is 0 Å². The van der Waals surface area contributed by atoms with Crippen LogP contribution in [0, 0.1) is 33.8 Å². The Labute approximate surface area is 191 Å². The molecule has 2 amide bonds. The van der Waals surface area contributed by atoms with Crippen LogP contribution in [0.3, 0.4) is 0 Å². The molecule has 9 heteroatoms. The number of non-ortho nitro benzene ring substituents is 1. The van der Waals surface area contributed by atoms with E-state index < -0.39 is 4.92 Å². The molecule has 2 bridgehead atoms. The predicted octanol–water partition coefficient (Wildman–Crippen LogP) is 4.08. The first kappa shape index (κ1) is 20.6. The molecule has 0 aromatic heterocycles.